The minimum Gasteiger partial charge on any atom is -0.330 e. The van der Waals surface area contributed by atoms with Crippen molar-refractivity contribution in [3.8, 4) is 0 Å². The van der Waals surface area contributed by atoms with Gasteiger partial charge in [0.1, 0.15) is 0 Å². The molecule has 20 heavy (non-hydrogen) atoms. The molecular formula is C19H23N. The van der Waals surface area contributed by atoms with Gasteiger partial charge in [-0.3, -0.25) is 0 Å². The summed E-state index contributed by atoms with van der Waals surface area (Å²) in [5, 5.41) is 0. The van der Waals surface area contributed by atoms with E-state index in [0.29, 0.717) is 5.92 Å². The molecule has 1 atom stereocenters. The van der Waals surface area contributed by atoms with Gasteiger partial charge in [-0.1, -0.05) is 67.1 Å². The lowest BCUT2D eigenvalue weighted by molar-refractivity contribution is 0.262. The molecular weight excluding hydrogens is 242 g/mol. The molecule has 0 bridgehead atoms. The quantitative estimate of drug-likeness (QED) is 0.887. The van der Waals surface area contributed by atoms with Gasteiger partial charge in [0.2, 0.25) is 0 Å². The average molecular weight is 265 g/mol. The Labute approximate surface area is 121 Å². The predicted molar refractivity (Wildman–Crippen MR) is 84.7 cm³/mol. The SMILES string of the molecule is NCC1CCCC(c2ccccc2)(c2ccccc2)C1. The molecule has 1 heteroatoms. The third kappa shape index (κ3) is 2.38. The Balaban J connectivity index is 2.08. The fourth-order valence-electron chi connectivity index (χ4n) is 3.80. The molecule has 0 radical (unpaired) electrons. The highest BCUT2D eigenvalue weighted by Crippen LogP contribution is 2.46. The minimum absolute atomic E-state index is 0.158. The zero-order chi connectivity index (χ0) is 13.8. The third-order valence-electron chi connectivity index (χ3n) is 4.84. The van der Waals surface area contributed by atoms with Crippen LogP contribution in [0.25, 0.3) is 0 Å². The van der Waals surface area contributed by atoms with Crippen LogP contribution in [-0.4, -0.2) is 6.54 Å². The van der Waals surface area contributed by atoms with Crippen molar-refractivity contribution < 1.29 is 0 Å². The van der Waals surface area contributed by atoms with E-state index >= 15 is 0 Å². The molecule has 1 unspecified atom stereocenters. The lowest BCUT2D eigenvalue weighted by atomic mass is 9.62. The Hall–Kier alpha value is -1.60. The van der Waals surface area contributed by atoms with Gasteiger partial charge in [-0.25, -0.2) is 0 Å². The highest BCUT2D eigenvalue weighted by atomic mass is 14.6. The molecule has 0 spiro atoms. The second kappa shape index (κ2) is 5.80. The van der Waals surface area contributed by atoms with Crippen LogP contribution in [0, 0.1) is 5.92 Å². The number of nitrogens with two attached hydrogens (primary N) is 1. The summed E-state index contributed by atoms with van der Waals surface area (Å²) < 4.78 is 0. The molecule has 1 aliphatic carbocycles. The van der Waals surface area contributed by atoms with E-state index < -0.39 is 0 Å². The Morgan fingerprint density at radius 2 is 1.45 bits per heavy atom. The highest BCUT2D eigenvalue weighted by molar-refractivity contribution is 5.40. The molecule has 0 saturated heterocycles. The van der Waals surface area contributed by atoms with Gasteiger partial charge >= 0.3 is 0 Å². The Morgan fingerprint density at radius 1 is 0.900 bits per heavy atom. The van der Waals surface area contributed by atoms with Crippen molar-refractivity contribution in [3.63, 3.8) is 0 Å². The molecule has 3 rings (SSSR count). The molecule has 0 heterocycles. The van der Waals surface area contributed by atoms with Crippen molar-refractivity contribution in [2.45, 2.75) is 31.1 Å². The van der Waals surface area contributed by atoms with E-state index in [4.69, 9.17) is 5.73 Å². The second-order valence-corrected chi connectivity index (χ2v) is 6.01. The van der Waals surface area contributed by atoms with Crippen molar-refractivity contribution in [3.05, 3.63) is 71.8 Å². The molecule has 1 nitrogen and oxygen atoms in total. The van der Waals surface area contributed by atoms with Gasteiger partial charge in [0, 0.05) is 5.41 Å². The normalized spacial score (nSPS) is 21.6. The van der Waals surface area contributed by atoms with Crippen LogP contribution in [0.5, 0.6) is 0 Å². The van der Waals surface area contributed by atoms with E-state index in [-0.39, 0.29) is 5.41 Å². The van der Waals surface area contributed by atoms with Crippen LogP contribution < -0.4 is 5.73 Å². The first-order valence-corrected chi connectivity index (χ1v) is 7.66. The average Bonchev–Trinajstić information content (AvgIpc) is 2.56. The van der Waals surface area contributed by atoms with Gasteiger partial charge in [-0.2, -0.15) is 0 Å². The summed E-state index contributed by atoms with van der Waals surface area (Å²) in [4.78, 5) is 0. The van der Waals surface area contributed by atoms with Crippen molar-refractivity contribution in [2.24, 2.45) is 11.7 Å². The summed E-state index contributed by atoms with van der Waals surface area (Å²) in [5.41, 5.74) is 9.04. The Morgan fingerprint density at radius 3 is 1.95 bits per heavy atom. The van der Waals surface area contributed by atoms with E-state index in [2.05, 4.69) is 60.7 Å². The summed E-state index contributed by atoms with van der Waals surface area (Å²) in [6, 6.07) is 22.0. The van der Waals surface area contributed by atoms with E-state index in [1.165, 1.54) is 36.8 Å². The van der Waals surface area contributed by atoms with E-state index in [9.17, 15) is 0 Å². The van der Waals surface area contributed by atoms with Gasteiger partial charge in [-0.05, 0) is 42.9 Å². The molecule has 2 aromatic carbocycles. The fourth-order valence-corrected chi connectivity index (χ4v) is 3.80. The third-order valence-corrected chi connectivity index (χ3v) is 4.84. The molecule has 1 saturated carbocycles. The molecule has 0 aromatic heterocycles. The molecule has 0 amide bonds. The minimum atomic E-state index is 0.158. The van der Waals surface area contributed by atoms with Gasteiger partial charge in [0.05, 0.1) is 0 Å². The summed E-state index contributed by atoms with van der Waals surface area (Å²) in [5.74, 6) is 0.643. The van der Waals surface area contributed by atoms with Crippen molar-refractivity contribution in [1.29, 1.82) is 0 Å². The van der Waals surface area contributed by atoms with Crippen LogP contribution in [0.3, 0.4) is 0 Å². The zero-order valence-electron chi connectivity index (χ0n) is 12.0. The molecule has 1 fully saturated rings. The summed E-state index contributed by atoms with van der Waals surface area (Å²) in [6.07, 6.45) is 4.96. The van der Waals surface area contributed by atoms with Crippen LogP contribution in [0.1, 0.15) is 36.8 Å². The highest BCUT2D eigenvalue weighted by Gasteiger charge is 2.38. The first-order chi connectivity index (χ1) is 9.85. The van der Waals surface area contributed by atoms with Crippen molar-refractivity contribution in [2.75, 3.05) is 6.54 Å². The lowest BCUT2D eigenvalue weighted by Crippen LogP contribution is -2.36. The maximum Gasteiger partial charge on any atom is 0.0206 e. The second-order valence-electron chi connectivity index (χ2n) is 6.01. The van der Waals surface area contributed by atoms with Gasteiger partial charge < -0.3 is 5.73 Å². The van der Waals surface area contributed by atoms with E-state index in [1.54, 1.807) is 0 Å². The maximum absolute atomic E-state index is 5.98. The van der Waals surface area contributed by atoms with Crippen LogP contribution in [-0.2, 0) is 5.41 Å². The lowest BCUT2D eigenvalue weighted by Gasteiger charge is -2.42. The number of rotatable bonds is 3. The van der Waals surface area contributed by atoms with Crippen LogP contribution in [0.2, 0.25) is 0 Å². The Bertz CT molecular complexity index is 493. The molecule has 1 aliphatic rings. The zero-order valence-corrected chi connectivity index (χ0v) is 12.0. The number of hydrogen-bond donors (Lipinski definition) is 1. The predicted octanol–water partition coefficient (Wildman–Crippen LogP) is 4.12. The van der Waals surface area contributed by atoms with Gasteiger partial charge in [0.15, 0.2) is 0 Å². The van der Waals surface area contributed by atoms with Crippen molar-refractivity contribution in [1.82, 2.24) is 0 Å². The van der Waals surface area contributed by atoms with Crippen LogP contribution >= 0.6 is 0 Å². The van der Waals surface area contributed by atoms with Crippen molar-refractivity contribution >= 4 is 0 Å². The smallest absolute Gasteiger partial charge is 0.0206 e. The van der Waals surface area contributed by atoms with E-state index in [1.807, 2.05) is 0 Å². The molecule has 0 aliphatic heterocycles. The monoisotopic (exact) mass is 265 g/mol. The fraction of sp³-hybridized carbons (Fsp3) is 0.368. The topological polar surface area (TPSA) is 26.0 Å². The summed E-state index contributed by atoms with van der Waals surface area (Å²) in [7, 11) is 0. The molecule has 2 N–H and O–H groups in total. The van der Waals surface area contributed by atoms with Gasteiger partial charge in [0.25, 0.3) is 0 Å². The first kappa shape index (κ1) is 13.4. The number of benzene rings is 2. The largest absolute Gasteiger partial charge is 0.330 e. The standard InChI is InChI=1S/C19H23N/c20-15-16-8-7-13-19(14-16,17-9-3-1-4-10-17)18-11-5-2-6-12-18/h1-6,9-12,16H,7-8,13-15,20H2. The van der Waals surface area contributed by atoms with Crippen LogP contribution in [0.15, 0.2) is 60.7 Å². The number of hydrogen-bond acceptors (Lipinski definition) is 1. The molecule has 104 valence electrons. The van der Waals surface area contributed by atoms with E-state index in [0.717, 1.165) is 6.54 Å². The first-order valence-electron chi connectivity index (χ1n) is 7.66. The summed E-state index contributed by atoms with van der Waals surface area (Å²) in [6.45, 7) is 0.807. The maximum atomic E-state index is 5.98. The van der Waals surface area contributed by atoms with Gasteiger partial charge in [-0.15, -0.1) is 0 Å². The van der Waals surface area contributed by atoms with Crippen LogP contribution in [0.4, 0.5) is 0 Å². The molecule has 2 aromatic rings. The summed E-state index contributed by atoms with van der Waals surface area (Å²) >= 11 is 0. The Kier molecular flexibility index (Phi) is 3.88.